The van der Waals surface area contributed by atoms with Crippen molar-refractivity contribution in [3.63, 3.8) is 0 Å². The molecule has 1 aliphatic heterocycles. The Labute approximate surface area is 167 Å². The van der Waals surface area contributed by atoms with Gasteiger partial charge in [-0.05, 0) is 24.3 Å². The lowest BCUT2D eigenvalue weighted by atomic mass is 10.2. The van der Waals surface area contributed by atoms with Gasteiger partial charge >= 0.3 is 0 Å². The molecule has 4 rings (SSSR count). The highest BCUT2D eigenvalue weighted by atomic mass is 32.1. The maximum absolute atomic E-state index is 12.8. The van der Waals surface area contributed by atoms with Gasteiger partial charge in [0.2, 0.25) is 0 Å². The van der Waals surface area contributed by atoms with Crippen LogP contribution in [0.25, 0.3) is 0 Å². The minimum absolute atomic E-state index is 0.0421. The minimum atomic E-state index is -0.254. The molecule has 7 heteroatoms. The third-order valence-corrected chi connectivity index (χ3v) is 5.02. The number of para-hydroxylation sites is 3. The monoisotopic (exact) mass is 396 g/mol. The number of rotatable bonds is 7. The number of hydrogen-bond donors (Lipinski definition) is 0. The number of aromatic nitrogens is 1. The molecule has 1 aliphatic rings. The molecule has 1 unspecified atom stereocenters. The number of amides is 1. The van der Waals surface area contributed by atoms with Gasteiger partial charge in [0.15, 0.2) is 24.2 Å². The van der Waals surface area contributed by atoms with Crippen molar-refractivity contribution < 1.29 is 19.0 Å². The van der Waals surface area contributed by atoms with E-state index in [1.165, 1.54) is 11.3 Å². The average molecular weight is 396 g/mol. The first-order valence-corrected chi connectivity index (χ1v) is 9.88. The molecule has 0 aliphatic carbocycles. The second-order valence-electron chi connectivity index (χ2n) is 6.30. The summed E-state index contributed by atoms with van der Waals surface area (Å²) in [6, 6.07) is 16.8. The van der Waals surface area contributed by atoms with Crippen LogP contribution in [0.1, 0.15) is 5.01 Å². The van der Waals surface area contributed by atoms with Crippen LogP contribution in [0.15, 0.2) is 66.2 Å². The van der Waals surface area contributed by atoms with Crippen molar-refractivity contribution in [2.24, 2.45) is 0 Å². The van der Waals surface area contributed by atoms with Gasteiger partial charge in [0.25, 0.3) is 5.91 Å². The summed E-state index contributed by atoms with van der Waals surface area (Å²) < 4.78 is 17.4. The van der Waals surface area contributed by atoms with Crippen molar-refractivity contribution in [1.29, 1.82) is 0 Å². The number of carbonyl (C=O) groups excluding carboxylic acids is 1. The number of thiazole rings is 1. The van der Waals surface area contributed by atoms with Gasteiger partial charge in [-0.3, -0.25) is 4.79 Å². The van der Waals surface area contributed by atoms with Crippen molar-refractivity contribution in [2.75, 3.05) is 19.8 Å². The number of ether oxygens (including phenoxy) is 3. The maximum atomic E-state index is 12.8. The smallest absolute Gasteiger partial charge is 0.261 e. The fourth-order valence-electron chi connectivity index (χ4n) is 2.90. The summed E-state index contributed by atoms with van der Waals surface area (Å²) in [6.45, 7) is 1.15. The van der Waals surface area contributed by atoms with Crippen LogP contribution in [0.2, 0.25) is 0 Å². The molecule has 0 radical (unpaired) electrons. The molecular weight excluding hydrogens is 376 g/mol. The molecule has 1 aromatic heterocycles. The highest BCUT2D eigenvalue weighted by molar-refractivity contribution is 7.09. The summed E-state index contributed by atoms with van der Waals surface area (Å²) in [5.41, 5.74) is 0. The van der Waals surface area contributed by atoms with E-state index in [1.54, 1.807) is 11.1 Å². The van der Waals surface area contributed by atoms with E-state index in [1.807, 2.05) is 60.0 Å². The number of hydrogen-bond acceptors (Lipinski definition) is 6. The van der Waals surface area contributed by atoms with E-state index in [-0.39, 0.29) is 18.6 Å². The van der Waals surface area contributed by atoms with E-state index in [0.717, 1.165) is 10.8 Å². The Hall–Kier alpha value is -3.06. The largest absolute Gasteiger partial charge is 0.486 e. The standard InChI is InChI=1S/C21H20N2O4S/c24-21(15-25-16-6-2-1-3-7-16)23(13-20-22-10-11-28-20)12-17-14-26-18-8-4-5-9-19(18)27-17/h1-11,17H,12-15H2. The first-order chi connectivity index (χ1) is 13.8. The van der Waals surface area contributed by atoms with Gasteiger partial charge in [-0.1, -0.05) is 30.3 Å². The van der Waals surface area contributed by atoms with Crippen LogP contribution in [0.3, 0.4) is 0 Å². The predicted octanol–water partition coefficient (Wildman–Crippen LogP) is 3.39. The molecule has 1 atom stereocenters. The van der Waals surface area contributed by atoms with Gasteiger partial charge in [-0.25, -0.2) is 4.98 Å². The molecule has 28 heavy (non-hydrogen) atoms. The summed E-state index contributed by atoms with van der Waals surface area (Å²) in [6.07, 6.45) is 1.48. The Balaban J connectivity index is 1.42. The van der Waals surface area contributed by atoms with Gasteiger partial charge in [0.1, 0.15) is 17.4 Å². The van der Waals surface area contributed by atoms with Crippen LogP contribution in [-0.4, -0.2) is 41.7 Å². The van der Waals surface area contributed by atoms with Crippen molar-refractivity contribution in [3.05, 3.63) is 71.2 Å². The Morgan fingerprint density at radius 1 is 1.14 bits per heavy atom. The number of nitrogens with zero attached hydrogens (tertiary/aromatic N) is 2. The molecule has 0 N–H and O–H groups in total. The van der Waals surface area contributed by atoms with Gasteiger partial charge < -0.3 is 19.1 Å². The quantitative estimate of drug-likeness (QED) is 0.613. The fourth-order valence-corrected chi connectivity index (χ4v) is 3.53. The summed E-state index contributed by atoms with van der Waals surface area (Å²) >= 11 is 1.52. The van der Waals surface area contributed by atoms with Crippen molar-refractivity contribution >= 4 is 17.2 Å². The molecule has 0 saturated heterocycles. The fraction of sp³-hybridized carbons (Fsp3) is 0.238. The number of fused-ring (bicyclic) bond motifs is 1. The second kappa shape index (κ2) is 8.75. The summed E-state index contributed by atoms with van der Waals surface area (Å²) in [5, 5.41) is 2.76. The van der Waals surface area contributed by atoms with E-state index in [0.29, 0.717) is 31.2 Å². The third kappa shape index (κ3) is 4.61. The molecule has 0 fully saturated rings. The number of benzene rings is 2. The van der Waals surface area contributed by atoms with Crippen LogP contribution in [-0.2, 0) is 11.3 Å². The first-order valence-electron chi connectivity index (χ1n) is 9.00. The van der Waals surface area contributed by atoms with E-state index >= 15 is 0 Å². The van der Waals surface area contributed by atoms with E-state index in [2.05, 4.69) is 4.98 Å². The zero-order valence-electron chi connectivity index (χ0n) is 15.2. The first kappa shape index (κ1) is 18.3. The summed E-state index contributed by atoms with van der Waals surface area (Å²) in [4.78, 5) is 18.9. The normalized spacial score (nSPS) is 15.1. The Morgan fingerprint density at radius 3 is 2.71 bits per heavy atom. The molecule has 6 nitrogen and oxygen atoms in total. The average Bonchev–Trinajstić information content (AvgIpc) is 3.25. The van der Waals surface area contributed by atoms with E-state index in [9.17, 15) is 4.79 Å². The van der Waals surface area contributed by atoms with Crippen LogP contribution >= 0.6 is 11.3 Å². The molecule has 0 bridgehead atoms. The lowest BCUT2D eigenvalue weighted by Crippen LogP contribution is -2.44. The predicted molar refractivity (Wildman–Crippen MR) is 106 cm³/mol. The van der Waals surface area contributed by atoms with Crippen LogP contribution in [0.4, 0.5) is 0 Å². The van der Waals surface area contributed by atoms with Gasteiger partial charge in [-0.2, -0.15) is 0 Å². The molecule has 2 heterocycles. The van der Waals surface area contributed by atoms with Gasteiger partial charge in [0.05, 0.1) is 13.1 Å². The molecule has 1 amide bonds. The molecule has 3 aromatic rings. The molecule has 2 aromatic carbocycles. The molecule has 144 valence electrons. The van der Waals surface area contributed by atoms with Crippen molar-refractivity contribution in [2.45, 2.75) is 12.6 Å². The lowest BCUT2D eigenvalue weighted by Gasteiger charge is -2.31. The highest BCUT2D eigenvalue weighted by Gasteiger charge is 2.26. The van der Waals surface area contributed by atoms with Gasteiger partial charge in [-0.15, -0.1) is 11.3 Å². The minimum Gasteiger partial charge on any atom is -0.486 e. The SMILES string of the molecule is O=C(COc1ccccc1)N(Cc1nccs1)CC1COc2ccccc2O1. The van der Waals surface area contributed by atoms with Crippen LogP contribution < -0.4 is 14.2 Å². The molecular formula is C21H20N2O4S. The maximum Gasteiger partial charge on any atom is 0.261 e. The summed E-state index contributed by atoms with van der Waals surface area (Å²) in [5.74, 6) is 1.96. The second-order valence-corrected chi connectivity index (χ2v) is 7.28. The Morgan fingerprint density at radius 2 is 1.93 bits per heavy atom. The van der Waals surface area contributed by atoms with E-state index in [4.69, 9.17) is 14.2 Å². The van der Waals surface area contributed by atoms with Crippen LogP contribution in [0.5, 0.6) is 17.2 Å². The number of carbonyl (C=O) groups is 1. The third-order valence-electron chi connectivity index (χ3n) is 4.26. The molecule has 0 spiro atoms. The van der Waals surface area contributed by atoms with E-state index < -0.39 is 0 Å². The highest BCUT2D eigenvalue weighted by Crippen LogP contribution is 2.31. The zero-order chi connectivity index (χ0) is 19.2. The summed E-state index contributed by atoms with van der Waals surface area (Å²) in [7, 11) is 0. The topological polar surface area (TPSA) is 60.9 Å². The van der Waals surface area contributed by atoms with Crippen LogP contribution in [0, 0.1) is 0 Å². The zero-order valence-corrected chi connectivity index (χ0v) is 16.0. The van der Waals surface area contributed by atoms with Crippen molar-refractivity contribution in [1.82, 2.24) is 9.88 Å². The Kier molecular flexibility index (Phi) is 5.72. The Bertz CT molecular complexity index is 902. The van der Waals surface area contributed by atoms with Crippen molar-refractivity contribution in [3.8, 4) is 17.2 Å². The molecule has 0 saturated carbocycles. The lowest BCUT2D eigenvalue weighted by molar-refractivity contribution is -0.135. The van der Waals surface area contributed by atoms with Gasteiger partial charge in [0, 0.05) is 11.6 Å².